The topological polar surface area (TPSA) is 9.23 Å². The van der Waals surface area contributed by atoms with Gasteiger partial charge in [-0.1, -0.05) is 11.6 Å². The first kappa shape index (κ1) is 9.81. The van der Waals surface area contributed by atoms with Crippen LogP contribution >= 0.6 is 27.5 Å². The summed E-state index contributed by atoms with van der Waals surface area (Å²) in [5.41, 5.74) is 0. The van der Waals surface area contributed by atoms with Crippen LogP contribution in [0, 0.1) is 5.82 Å². The summed E-state index contributed by atoms with van der Waals surface area (Å²) < 4.78 is 18.0. The van der Waals surface area contributed by atoms with Gasteiger partial charge in [0, 0.05) is 6.07 Å². The van der Waals surface area contributed by atoms with E-state index in [0.29, 0.717) is 5.75 Å². The third-order valence-corrected chi connectivity index (χ3v) is 1.68. The van der Waals surface area contributed by atoms with E-state index in [2.05, 4.69) is 15.9 Å². The van der Waals surface area contributed by atoms with Crippen LogP contribution in [0.15, 0.2) is 18.2 Å². The molecule has 1 nitrogen and oxygen atoms in total. The van der Waals surface area contributed by atoms with Crippen molar-refractivity contribution in [1.82, 2.24) is 0 Å². The van der Waals surface area contributed by atoms with Gasteiger partial charge in [0.1, 0.15) is 11.6 Å². The SMILES string of the molecule is CC(Br)Oc1ccc(Cl)c(F)c1. The standard InChI is InChI=1S/C8H7BrClFO/c1-5(9)12-6-2-3-7(10)8(11)4-6/h2-5H,1H3. The summed E-state index contributed by atoms with van der Waals surface area (Å²) in [6, 6.07) is 4.32. The van der Waals surface area contributed by atoms with Crippen LogP contribution in [0.5, 0.6) is 5.75 Å². The number of benzene rings is 1. The molecular weight excluding hydrogens is 246 g/mol. The lowest BCUT2D eigenvalue weighted by molar-refractivity contribution is 0.312. The van der Waals surface area contributed by atoms with Gasteiger partial charge in [-0.25, -0.2) is 4.39 Å². The van der Waals surface area contributed by atoms with Gasteiger partial charge < -0.3 is 4.74 Å². The van der Waals surface area contributed by atoms with Crippen LogP contribution < -0.4 is 4.74 Å². The molecular formula is C8H7BrClFO. The fraction of sp³-hybridized carbons (Fsp3) is 0.250. The Hall–Kier alpha value is -0.280. The second-order valence-corrected chi connectivity index (χ2v) is 3.93. The van der Waals surface area contributed by atoms with E-state index in [1.54, 1.807) is 13.0 Å². The molecule has 0 bridgehead atoms. The van der Waals surface area contributed by atoms with Gasteiger partial charge in [0.15, 0.2) is 5.01 Å². The van der Waals surface area contributed by atoms with Crippen LogP contribution in [-0.4, -0.2) is 5.01 Å². The fourth-order valence-corrected chi connectivity index (χ4v) is 1.07. The van der Waals surface area contributed by atoms with Crippen molar-refractivity contribution in [2.24, 2.45) is 0 Å². The van der Waals surface area contributed by atoms with Crippen molar-refractivity contribution >= 4 is 27.5 Å². The maximum absolute atomic E-state index is 12.8. The van der Waals surface area contributed by atoms with E-state index in [9.17, 15) is 4.39 Å². The third kappa shape index (κ3) is 2.64. The first-order valence-electron chi connectivity index (χ1n) is 3.35. The van der Waals surface area contributed by atoms with Crippen molar-refractivity contribution in [2.75, 3.05) is 0 Å². The molecule has 1 aromatic carbocycles. The third-order valence-electron chi connectivity index (χ3n) is 1.19. The van der Waals surface area contributed by atoms with Gasteiger partial charge in [0.2, 0.25) is 0 Å². The smallest absolute Gasteiger partial charge is 0.150 e. The van der Waals surface area contributed by atoms with Gasteiger partial charge in [-0.2, -0.15) is 0 Å². The van der Waals surface area contributed by atoms with E-state index in [1.165, 1.54) is 12.1 Å². The van der Waals surface area contributed by atoms with Crippen molar-refractivity contribution in [1.29, 1.82) is 0 Å². The predicted octanol–water partition coefficient (Wildman–Crippen LogP) is 3.60. The quantitative estimate of drug-likeness (QED) is 0.732. The molecule has 0 amide bonds. The molecule has 0 aliphatic carbocycles. The minimum absolute atomic E-state index is 0.101. The van der Waals surface area contributed by atoms with Gasteiger partial charge in [0.05, 0.1) is 5.02 Å². The highest BCUT2D eigenvalue weighted by Gasteiger charge is 2.03. The van der Waals surface area contributed by atoms with E-state index in [4.69, 9.17) is 16.3 Å². The monoisotopic (exact) mass is 252 g/mol. The molecule has 0 saturated heterocycles. The summed E-state index contributed by atoms with van der Waals surface area (Å²) in [6.07, 6.45) is 0. The number of alkyl halides is 1. The lowest BCUT2D eigenvalue weighted by Gasteiger charge is -2.07. The number of hydrogen-bond donors (Lipinski definition) is 0. The highest BCUT2D eigenvalue weighted by atomic mass is 79.9. The average Bonchev–Trinajstić information content (AvgIpc) is 1.96. The molecule has 0 radical (unpaired) electrons. The van der Waals surface area contributed by atoms with Crippen molar-refractivity contribution in [3.05, 3.63) is 29.0 Å². The van der Waals surface area contributed by atoms with Crippen LogP contribution in [-0.2, 0) is 0 Å². The lowest BCUT2D eigenvalue weighted by Crippen LogP contribution is -2.01. The molecule has 4 heteroatoms. The van der Waals surface area contributed by atoms with E-state index >= 15 is 0 Å². The Bertz CT molecular complexity index is 278. The molecule has 1 atom stereocenters. The molecule has 0 aromatic heterocycles. The maximum atomic E-state index is 12.8. The van der Waals surface area contributed by atoms with Crippen molar-refractivity contribution in [3.63, 3.8) is 0 Å². The van der Waals surface area contributed by atoms with Gasteiger partial charge in [-0.15, -0.1) is 0 Å². The first-order valence-corrected chi connectivity index (χ1v) is 4.65. The largest absolute Gasteiger partial charge is 0.479 e. The van der Waals surface area contributed by atoms with E-state index in [-0.39, 0.29) is 10.0 Å². The summed E-state index contributed by atoms with van der Waals surface area (Å²) in [6.45, 7) is 1.80. The summed E-state index contributed by atoms with van der Waals surface area (Å²) in [5.74, 6) is -0.0106. The normalized spacial score (nSPS) is 12.7. The molecule has 0 heterocycles. The Kier molecular flexibility index (Phi) is 3.35. The minimum atomic E-state index is -0.470. The van der Waals surface area contributed by atoms with Crippen molar-refractivity contribution in [3.8, 4) is 5.75 Å². The summed E-state index contributed by atoms with van der Waals surface area (Å²) in [5, 5.41) is -0.0392. The first-order chi connectivity index (χ1) is 5.59. The Morgan fingerprint density at radius 3 is 2.75 bits per heavy atom. The maximum Gasteiger partial charge on any atom is 0.150 e. The second kappa shape index (κ2) is 4.10. The van der Waals surface area contributed by atoms with Crippen molar-refractivity contribution < 1.29 is 9.13 Å². The number of halogens is 3. The molecule has 0 aliphatic heterocycles. The molecule has 1 rings (SSSR count). The summed E-state index contributed by atoms with van der Waals surface area (Å²) in [4.78, 5) is 0. The molecule has 0 N–H and O–H groups in total. The van der Waals surface area contributed by atoms with Crippen molar-refractivity contribution in [2.45, 2.75) is 11.9 Å². The zero-order chi connectivity index (χ0) is 9.14. The van der Waals surface area contributed by atoms with Gasteiger partial charge in [0.25, 0.3) is 0 Å². The molecule has 0 aliphatic rings. The second-order valence-electron chi connectivity index (χ2n) is 2.24. The molecule has 66 valence electrons. The molecule has 0 fully saturated rings. The zero-order valence-electron chi connectivity index (χ0n) is 6.35. The Balaban J connectivity index is 2.82. The summed E-state index contributed by atoms with van der Waals surface area (Å²) >= 11 is 8.65. The molecule has 12 heavy (non-hydrogen) atoms. The number of rotatable bonds is 2. The Morgan fingerprint density at radius 2 is 2.25 bits per heavy atom. The molecule has 1 unspecified atom stereocenters. The summed E-state index contributed by atoms with van der Waals surface area (Å²) in [7, 11) is 0. The minimum Gasteiger partial charge on any atom is -0.479 e. The van der Waals surface area contributed by atoms with Gasteiger partial charge >= 0.3 is 0 Å². The number of hydrogen-bond acceptors (Lipinski definition) is 1. The molecule has 1 aromatic rings. The highest BCUT2D eigenvalue weighted by molar-refractivity contribution is 9.09. The fourth-order valence-electron chi connectivity index (χ4n) is 0.738. The van der Waals surface area contributed by atoms with Gasteiger partial charge in [-0.05, 0) is 35.0 Å². The number of ether oxygens (including phenoxy) is 1. The molecule has 0 saturated carbocycles. The Morgan fingerprint density at radius 1 is 1.58 bits per heavy atom. The lowest BCUT2D eigenvalue weighted by atomic mass is 10.3. The van der Waals surface area contributed by atoms with E-state index in [0.717, 1.165) is 0 Å². The van der Waals surface area contributed by atoms with E-state index < -0.39 is 5.82 Å². The highest BCUT2D eigenvalue weighted by Crippen LogP contribution is 2.21. The Labute approximate surface area is 83.6 Å². The molecule has 0 spiro atoms. The van der Waals surface area contributed by atoms with Crippen LogP contribution in [0.25, 0.3) is 0 Å². The average molecular weight is 253 g/mol. The predicted molar refractivity (Wildman–Crippen MR) is 50.4 cm³/mol. The van der Waals surface area contributed by atoms with Crippen LogP contribution in [0.1, 0.15) is 6.92 Å². The van der Waals surface area contributed by atoms with Crippen LogP contribution in [0.3, 0.4) is 0 Å². The van der Waals surface area contributed by atoms with E-state index in [1.807, 2.05) is 0 Å². The van der Waals surface area contributed by atoms with Crippen LogP contribution in [0.2, 0.25) is 5.02 Å². The van der Waals surface area contributed by atoms with Gasteiger partial charge in [-0.3, -0.25) is 0 Å². The zero-order valence-corrected chi connectivity index (χ0v) is 8.69. The van der Waals surface area contributed by atoms with Crippen LogP contribution in [0.4, 0.5) is 4.39 Å².